The van der Waals surface area contributed by atoms with Gasteiger partial charge in [-0.1, -0.05) is 120 Å². The molecule has 0 aromatic carbocycles. The topological polar surface area (TPSA) is 0 Å². The molecular weight excluding hydrogens is 384 g/mol. The fraction of sp³-hybridized carbons (Fsp3) is 0.750. The van der Waals surface area contributed by atoms with E-state index in [1.165, 1.54) is 122 Å². The Kier molecular flexibility index (Phi) is 18.6. The highest BCUT2D eigenvalue weighted by Crippen LogP contribution is 2.28. The average molecular weight is 441 g/mol. The third-order valence-electron chi connectivity index (χ3n) is 7.39. The first kappa shape index (κ1) is 29.0. The van der Waals surface area contributed by atoms with Gasteiger partial charge in [-0.15, -0.1) is 13.2 Å². The molecule has 0 aliphatic heterocycles. The summed E-state index contributed by atoms with van der Waals surface area (Å²) in [7, 11) is 0. The van der Waals surface area contributed by atoms with Crippen molar-refractivity contribution in [1.29, 1.82) is 0 Å². The number of allylic oxidation sites excluding steroid dienone is 6. The van der Waals surface area contributed by atoms with Gasteiger partial charge in [-0.3, -0.25) is 0 Å². The summed E-state index contributed by atoms with van der Waals surface area (Å²) in [5.41, 5.74) is 3.28. The molecule has 2 fully saturated rings. The van der Waals surface area contributed by atoms with Gasteiger partial charge in [-0.05, 0) is 69.6 Å². The van der Waals surface area contributed by atoms with E-state index in [0.29, 0.717) is 0 Å². The van der Waals surface area contributed by atoms with Crippen LogP contribution in [0, 0.1) is 11.8 Å². The van der Waals surface area contributed by atoms with Crippen molar-refractivity contribution in [2.24, 2.45) is 11.8 Å². The number of hydrogen-bond donors (Lipinski definition) is 0. The molecule has 4 aliphatic rings. The van der Waals surface area contributed by atoms with Crippen LogP contribution in [0.4, 0.5) is 0 Å². The zero-order chi connectivity index (χ0) is 23.3. The van der Waals surface area contributed by atoms with Gasteiger partial charge in [-0.25, -0.2) is 0 Å². The van der Waals surface area contributed by atoms with Crippen molar-refractivity contribution in [3.05, 3.63) is 48.6 Å². The van der Waals surface area contributed by atoms with E-state index in [4.69, 9.17) is 0 Å². The number of rotatable bonds is 8. The van der Waals surface area contributed by atoms with Gasteiger partial charge >= 0.3 is 0 Å². The minimum atomic E-state index is 0.993. The first-order chi connectivity index (χ1) is 15.7. The molecule has 32 heavy (non-hydrogen) atoms. The Morgan fingerprint density at radius 1 is 0.719 bits per heavy atom. The summed E-state index contributed by atoms with van der Waals surface area (Å²) in [6, 6.07) is 0. The summed E-state index contributed by atoms with van der Waals surface area (Å²) >= 11 is 0. The third-order valence-corrected chi connectivity index (χ3v) is 7.39. The normalized spacial score (nSPS) is 20.2. The summed E-state index contributed by atoms with van der Waals surface area (Å²) in [5.74, 6) is 2.10. The first-order valence-corrected chi connectivity index (χ1v) is 14.3. The lowest BCUT2D eigenvalue weighted by molar-refractivity contribution is 0.496. The molecule has 0 amide bonds. The van der Waals surface area contributed by atoms with Crippen LogP contribution in [-0.2, 0) is 0 Å². The van der Waals surface area contributed by atoms with Crippen molar-refractivity contribution in [3.63, 3.8) is 0 Å². The van der Waals surface area contributed by atoms with E-state index in [9.17, 15) is 0 Å². The highest BCUT2D eigenvalue weighted by molar-refractivity contribution is 5.10. The molecule has 184 valence electrons. The van der Waals surface area contributed by atoms with E-state index in [0.717, 1.165) is 18.3 Å². The first-order valence-electron chi connectivity index (χ1n) is 14.3. The molecule has 4 aliphatic carbocycles. The molecule has 0 heterocycles. The van der Waals surface area contributed by atoms with Crippen LogP contribution in [0.25, 0.3) is 0 Å². The Hall–Kier alpha value is -1.04. The van der Waals surface area contributed by atoms with Crippen molar-refractivity contribution in [2.75, 3.05) is 0 Å². The van der Waals surface area contributed by atoms with E-state index < -0.39 is 0 Å². The molecule has 0 N–H and O–H groups in total. The van der Waals surface area contributed by atoms with Crippen molar-refractivity contribution in [2.45, 2.75) is 142 Å². The smallest absolute Gasteiger partial charge is 0.0142 e. The highest BCUT2D eigenvalue weighted by Gasteiger charge is 2.13. The van der Waals surface area contributed by atoms with Crippen molar-refractivity contribution in [1.82, 2.24) is 0 Å². The van der Waals surface area contributed by atoms with Crippen molar-refractivity contribution >= 4 is 0 Å². The van der Waals surface area contributed by atoms with Crippen molar-refractivity contribution in [3.8, 4) is 0 Å². The second-order valence-corrected chi connectivity index (χ2v) is 10.4. The molecule has 0 heteroatoms. The largest absolute Gasteiger partial charge is 0.103 e. The molecule has 0 bridgehead atoms. The van der Waals surface area contributed by atoms with Gasteiger partial charge in [-0.2, -0.15) is 0 Å². The number of hydrogen-bond acceptors (Lipinski definition) is 0. The van der Waals surface area contributed by atoms with Crippen LogP contribution < -0.4 is 0 Å². The Morgan fingerprint density at radius 2 is 1.28 bits per heavy atom. The predicted molar refractivity (Wildman–Crippen MR) is 147 cm³/mol. The van der Waals surface area contributed by atoms with Crippen LogP contribution in [0.1, 0.15) is 142 Å². The van der Waals surface area contributed by atoms with E-state index in [1.807, 2.05) is 6.08 Å². The van der Waals surface area contributed by atoms with Crippen LogP contribution >= 0.6 is 0 Å². The maximum absolute atomic E-state index is 3.72. The van der Waals surface area contributed by atoms with Crippen molar-refractivity contribution < 1.29 is 0 Å². The van der Waals surface area contributed by atoms with E-state index in [1.54, 1.807) is 11.1 Å². The Labute approximate surface area is 202 Å². The van der Waals surface area contributed by atoms with Crippen LogP contribution in [0.5, 0.6) is 0 Å². The standard InChI is InChI=1S/C8H16.2C8H14.C8H12/c4*1-2-5-8-6-3-4-7-8/h8H,2-7H2,1H3;6H,2-5,7H2,1H3;2,8H,1,3-7H2;2,6H,1,3-5,7H2. The lowest BCUT2D eigenvalue weighted by Crippen LogP contribution is -1.89. The summed E-state index contributed by atoms with van der Waals surface area (Å²) in [6.07, 6.45) is 36.7. The van der Waals surface area contributed by atoms with Gasteiger partial charge in [0.15, 0.2) is 0 Å². The molecule has 0 spiro atoms. The quantitative estimate of drug-likeness (QED) is 0.329. The molecule has 0 aromatic heterocycles. The SMILES string of the molecule is C=CCC1=CCCC1.C=CCC1CCCC1.CCCC1=CCCC1.CCCC1CCCC1. The van der Waals surface area contributed by atoms with Gasteiger partial charge in [0.1, 0.15) is 0 Å². The zero-order valence-electron chi connectivity index (χ0n) is 22.0. The lowest BCUT2D eigenvalue weighted by atomic mass is 10.0. The third kappa shape index (κ3) is 14.9. The van der Waals surface area contributed by atoms with Gasteiger partial charge in [0.05, 0.1) is 0 Å². The lowest BCUT2D eigenvalue weighted by Gasteiger charge is -2.03. The maximum atomic E-state index is 3.72. The Bertz CT molecular complexity index is 508. The molecular formula is C32H56. The second kappa shape index (κ2) is 20.6. The highest BCUT2D eigenvalue weighted by atomic mass is 14.2. The predicted octanol–water partition coefficient (Wildman–Crippen LogP) is 11.3. The van der Waals surface area contributed by atoms with Gasteiger partial charge in [0.25, 0.3) is 0 Å². The molecule has 0 atom stereocenters. The van der Waals surface area contributed by atoms with Crippen LogP contribution in [-0.4, -0.2) is 0 Å². The summed E-state index contributed by atoms with van der Waals surface area (Å²) in [6.45, 7) is 11.9. The molecule has 0 unspecified atom stereocenters. The Balaban J connectivity index is 0.000000213. The summed E-state index contributed by atoms with van der Waals surface area (Å²) < 4.78 is 0. The molecule has 0 radical (unpaired) electrons. The van der Waals surface area contributed by atoms with Gasteiger partial charge in [0.2, 0.25) is 0 Å². The second-order valence-electron chi connectivity index (χ2n) is 10.4. The van der Waals surface area contributed by atoms with E-state index in [-0.39, 0.29) is 0 Å². The molecule has 0 nitrogen and oxygen atoms in total. The zero-order valence-corrected chi connectivity index (χ0v) is 22.0. The minimum absolute atomic E-state index is 0.993. The maximum Gasteiger partial charge on any atom is -0.0142 e. The van der Waals surface area contributed by atoms with Crippen LogP contribution in [0.15, 0.2) is 48.6 Å². The minimum Gasteiger partial charge on any atom is -0.103 e. The monoisotopic (exact) mass is 440 g/mol. The van der Waals surface area contributed by atoms with Gasteiger partial charge < -0.3 is 0 Å². The summed E-state index contributed by atoms with van der Waals surface area (Å²) in [4.78, 5) is 0. The molecule has 0 saturated heterocycles. The fourth-order valence-corrected chi connectivity index (χ4v) is 5.58. The average Bonchev–Trinajstić information content (AvgIpc) is 3.60. The van der Waals surface area contributed by atoms with E-state index in [2.05, 4.69) is 45.2 Å². The molecule has 4 rings (SSSR count). The fourth-order valence-electron chi connectivity index (χ4n) is 5.58. The van der Waals surface area contributed by atoms with Crippen LogP contribution in [0.2, 0.25) is 0 Å². The molecule has 2 saturated carbocycles. The van der Waals surface area contributed by atoms with E-state index >= 15 is 0 Å². The van der Waals surface area contributed by atoms with Gasteiger partial charge in [0, 0.05) is 0 Å². The molecule has 0 aromatic rings. The Morgan fingerprint density at radius 3 is 1.72 bits per heavy atom. The van der Waals surface area contributed by atoms with Crippen LogP contribution in [0.3, 0.4) is 0 Å². The summed E-state index contributed by atoms with van der Waals surface area (Å²) in [5, 5.41) is 0.